The van der Waals surface area contributed by atoms with Crippen molar-refractivity contribution >= 4 is 28.8 Å². The second-order valence-electron chi connectivity index (χ2n) is 7.23. The molecule has 0 radical (unpaired) electrons. The second-order valence-corrected chi connectivity index (χ2v) is 7.23. The summed E-state index contributed by atoms with van der Waals surface area (Å²) < 4.78 is 18.8. The molecule has 33 heavy (non-hydrogen) atoms. The molecule has 0 aliphatic carbocycles. The van der Waals surface area contributed by atoms with Gasteiger partial charge in [-0.3, -0.25) is 24.6 Å². The summed E-state index contributed by atoms with van der Waals surface area (Å²) in [4.78, 5) is 37.6. The minimum absolute atomic E-state index is 0.130. The van der Waals surface area contributed by atoms with Crippen molar-refractivity contribution in [1.29, 1.82) is 0 Å². The number of carbonyl (C=O) groups is 2. The lowest BCUT2D eigenvalue weighted by Crippen LogP contribution is -2.29. The van der Waals surface area contributed by atoms with Gasteiger partial charge >= 0.3 is 0 Å². The van der Waals surface area contributed by atoms with E-state index < -0.39 is 34.2 Å². The summed E-state index contributed by atoms with van der Waals surface area (Å²) in [5, 5.41) is 22.0. The first-order valence-corrected chi connectivity index (χ1v) is 9.77. The summed E-state index contributed by atoms with van der Waals surface area (Å²) in [6.45, 7) is 0. The predicted molar refractivity (Wildman–Crippen MR) is 117 cm³/mol. The number of methoxy groups -OCH3 is 1. The number of nitrogens with zero attached hydrogens (tertiary/aromatic N) is 2. The van der Waals surface area contributed by atoms with Gasteiger partial charge < -0.3 is 9.84 Å². The lowest BCUT2D eigenvalue weighted by Gasteiger charge is -2.25. The number of benzene rings is 3. The first-order chi connectivity index (χ1) is 15.8. The Morgan fingerprint density at radius 2 is 1.73 bits per heavy atom. The van der Waals surface area contributed by atoms with Crippen molar-refractivity contribution in [3.8, 4) is 5.75 Å². The number of carbonyl (C=O) groups excluding carboxylic acids is 2. The molecule has 1 fully saturated rings. The molecule has 3 aromatic rings. The summed E-state index contributed by atoms with van der Waals surface area (Å²) in [7, 11) is 1.47. The molecule has 0 bridgehead atoms. The van der Waals surface area contributed by atoms with E-state index >= 15 is 0 Å². The number of anilines is 1. The number of non-ortho nitro benzene ring substituents is 1. The summed E-state index contributed by atoms with van der Waals surface area (Å²) >= 11 is 0. The zero-order valence-corrected chi connectivity index (χ0v) is 17.3. The van der Waals surface area contributed by atoms with E-state index in [2.05, 4.69) is 0 Å². The van der Waals surface area contributed by atoms with Crippen LogP contribution >= 0.6 is 0 Å². The average molecular weight is 448 g/mol. The molecule has 4 rings (SSSR count). The Balaban J connectivity index is 1.92. The Morgan fingerprint density at radius 3 is 2.33 bits per heavy atom. The number of hydrogen-bond donors (Lipinski definition) is 1. The molecule has 1 aliphatic heterocycles. The van der Waals surface area contributed by atoms with Crippen LogP contribution in [-0.2, 0) is 9.59 Å². The molecule has 1 unspecified atom stereocenters. The molecule has 1 saturated heterocycles. The van der Waals surface area contributed by atoms with E-state index in [0.717, 1.165) is 12.1 Å². The van der Waals surface area contributed by atoms with Crippen LogP contribution < -0.4 is 9.64 Å². The number of Topliss-reactive ketones (excluding diaryl/α,β-unsaturated/α-hetero) is 1. The van der Waals surface area contributed by atoms with Gasteiger partial charge in [-0.05, 0) is 54.1 Å². The van der Waals surface area contributed by atoms with Crippen LogP contribution in [-0.4, -0.2) is 28.8 Å². The van der Waals surface area contributed by atoms with Gasteiger partial charge in [0.05, 0.1) is 23.6 Å². The Labute approximate surface area is 187 Å². The van der Waals surface area contributed by atoms with E-state index in [1.54, 1.807) is 24.3 Å². The molecule has 1 atom stereocenters. The molecular weight excluding hydrogens is 431 g/mol. The van der Waals surface area contributed by atoms with Gasteiger partial charge in [0.15, 0.2) is 0 Å². The standard InChI is InChI=1S/C24H17FN2O6/c1-33-19-4-2-3-15(13-19)21-20(22(28)14-5-9-18(10-6-14)27(31)32)23(29)24(30)26(21)17-11-7-16(25)8-12-17/h2-13,21,28H,1H3/b22-20-. The van der Waals surface area contributed by atoms with E-state index in [1.165, 1.54) is 48.4 Å². The van der Waals surface area contributed by atoms with Crippen molar-refractivity contribution in [2.75, 3.05) is 12.0 Å². The third kappa shape index (κ3) is 3.91. The lowest BCUT2D eigenvalue weighted by atomic mass is 9.95. The molecule has 1 amide bonds. The summed E-state index contributed by atoms with van der Waals surface area (Å²) in [5.41, 5.74) is 0.468. The van der Waals surface area contributed by atoms with Crippen LogP contribution in [0.3, 0.4) is 0 Å². The maximum Gasteiger partial charge on any atom is 0.300 e. The zero-order chi connectivity index (χ0) is 23.7. The lowest BCUT2D eigenvalue weighted by molar-refractivity contribution is -0.384. The normalized spacial score (nSPS) is 17.3. The Kier molecular flexibility index (Phi) is 5.61. The van der Waals surface area contributed by atoms with Gasteiger partial charge in [0, 0.05) is 23.4 Å². The van der Waals surface area contributed by atoms with Crippen LogP contribution in [0.25, 0.3) is 5.76 Å². The number of halogens is 1. The van der Waals surface area contributed by atoms with Gasteiger partial charge in [0.1, 0.15) is 17.3 Å². The monoisotopic (exact) mass is 448 g/mol. The van der Waals surface area contributed by atoms with E-state index in [-0.39, 0.29) is 22.5 Å². The van der Waals surface area contributed by atoms with Crippen LogP contribution in [0.2, 0.25) is 0 Å². The van der Waals surface area contributed by atoms with Crippen molar-refractivity contribution in [1.82, 2.24) is 0 Å². The van der Waals surface area contributed by atoms with Crippen LogP contribution in [0, 0.1) is 15.9 Å². The molecule has 0 spiro atoms. The third-order valence-corrected chi connectivity index (χ3v) is 5.31. The smallest absolute Gasteiger partial charge is 0.300 e. The summed E-state index contributed by atoms with van der Waals surface area (Å²) in [6.07, 6.45) is 0. The number of aliphatic hydroxyl groups is 1. The average Bonchev–Trinajstić information content (AvgIpc) is 3.09. The van der Waals surface area contributed by atoms with Crippen LogP contribution in [0.5, 0.6) is 5.75 Å². The second kappa shape index (κ2) is 8.54. The molecular formula is C24H17FN2O6. The topological polar surface area (TPSA) is 110 Å². The highest BCUT2D eigenvalue weighted by Crippen LogP contribution is 2.42. The van der Waals surface area contributed by atoms with Gasteiger partial charge in [-0.1, -0.05) is 12.1 Å². The van der Waals surface area contributed by atoms with E-state index in [9.17, 15) is 29.2 Å². The minimum Gasteiger partial charge on any atom is -0.507 e. The number of amides is 1. The van der Waals surface area contributed by atoms with E-state index in [1.807, 2.05) is 0 Å². The molecule has 0 aromatic heterocycles. The first-order valence-electron chi connectivity index (χ1n) is 9.77. The van der Waals surface area contributed by atoms with Gasteiger partial charge in [-0.2, -0.15) is 0 Å². The maximum absolute atomic E-state index is 13.5. The van der Waals surface area contributed by atoms with Crippen molar-refractivity contribution in [2.24, 2.45) is 0 Å². The highest BCUT2D eigenvalue weighted by molar-refractivity contribution is 6.51. The number of nitro benzene ring substituents is 1. The highest BCUT2D eigenvalue weighted by atomic mass is 19.1. The molecule has 0 saturated carbocycles. The molecule has 9 heteroatoms. The van der Waals surface area contributed by atoms with Crippen molar-refractivity contribution in [3.05, 3.63) is 105 Å². The van der Waals surface area contributed by atoms with Crippen molar-refractivity contribution in [2.45, 2.75) is 6.04 Å². The molecule has 8 nitrogen and oxygen atoms in total. The van der Waals surface area contributed by atoms with Crippen LogP contribution in [0.15, 0.2) is 78.4 Å². The quantitative estimate of drug-likeness (QED) is 0.204. The number of ether oxygens (including phenoxy) is 1. The fraction of sp³-hybridized carbons (Fsp3) is 0.0833. The highest BCUT2D eigenvalue weighted by Gasteiger charge is 2.47. The summed E-state index contributed by atoms with van der Waals surface area (Å²) in [6, 6.07) is 15.6. The molecule has 3 aromatic carbocycles. The Bertz CT molecular complexity index is 1290. The fourth-order valence-corrected chi connectivity index (χ4v) is 3.72. The van der Waals surface area contributed by atoms with Gasteiger partial charge in [-0.15, -0.1) is 0 Å². The first kappa shape index (κ1) is 21.7. The maximum atomic E-state index is 13.5. The number of aliphatic hydroxyl groups excluding tert-OH is 1. The molecule has 1 N–H and O–H groups in total. The van der Waals surface area contributed by atoms with Crippen molar-refractivity contribution < 1.29 is 28.7 Å². The Hall–Kier alpha value is -4.53. The summed E-state index contributed by atoms with van der Waals surface area (Å²) in [5.74, 6) is -2.38. The minimum atomic E-state index is -1.04. The number of hydrogen-bond acceptors (Lipinski definition) is 6. The number of rotatable bonds is 5. The van der Waals surface area contributed by atoms with Crippen LogP contribution in [0.4, 0.5) is 15.8 Å². The molecule has 1 aliphatic rings. The van der Waals surface area contributed by atoms with Gasteiger partial charge in [-0.25, -0.2) is 4.39 Å². The molecule has 166 valence electrons. The number of ketones is 1. The van der Waals surface area contributed by atoms with Gasteiger partial charge in [0.2, 0.25) is 0 Å². The van der Waals surface area contributed by atoms with Crippen molar-refractivity contribution in [3.63, 3.8) is 0 Å². The fourth-order valence-electron chi connectivity index (χ4n) is 3.72. The van der Waals surface area contributed by atoms with Gasteiger partial charge in [0.25, 0.3) is 17.4 Å². The zero-order valence-electron chi connectivity index (χ0n) is 17.3. The predicted octanol–water partition coefficient (Wildman–Crippen LogP) is 4.37. The SMILES string of the molecule is COc1cccc(C2/C(=C(/O)c3ccc([N+](=O)[O-])cc3)C(=O)C(=O)N2c2ccc(F)cc2)c1. The van der Waals surface area contributed by atoms with E-state index in [0.29, 0.717) is 11.3 Å². The number of nitro groups is 1. The Morgan fingerprint density at radius 1 is 1.06 bits per heavy atom. The third-order valence-electron chi connectivity index (χ3n) is 5.31. The van der Waals surface area contributed by atoms with E-state index in [4.69, 9.17) is 4.74 Å². The van der Waals surface area contributed by atoms with Crippen LogP contribution in [0.1, 0.15) is 17.2 Å². The molecule has 1 heterocycles. The largest absolute Gasteiger partial charge is 0.507 e.